The quantitative estimate of drug-likeness (QED) is 0.537. The maximum Gasteiger partial charge on any atom is 0.339 e. The largest absolute Gasteiger partial charge is 0.478 e. The minimum atomic E-state index is -1.16. The summed E-state index contributed by atoms with van der Waals surface area (Å²) in [5.41, 5.74) is 1.37. The highest BCUT2D eigenvalue weighted by molar-refractivity contribution is 7.15. The molecule has 0 fully saturated rings. The number of thiophene rings is 1. The number of carboxylic acids is 1. The Labute approximate surface area is 174 Å². The van der Waals surface area contributed by atoms with Crippen molar-refractivity contribution in [2.75, 3.05) is 5.32 Å². The van der Waals surface area contributed by atoms with Gasteiger partial charge in [0.25, 0.3) is 5.89 Å². The Morgan fingerprint density at radius 2 is 2.24 bits per heavy atom. The molecule has 0 spiro atoms. The zero-order valence-corrected chi connectivity index (χ0v) is 16.7. The van der Waals surface area contributed by atoms with E-state index in [-0.39, 0.29) is 27.6 Å². The van der Waals surface area contributed by atoms with E-state index in [1.807, 2.05) is 6.07 Å². The third-order valence-electron chi connectivity index (χ3n) is 3.93. The van der Waals surface area contributed by atoms with E-state index in [4.69, 9.17) is 21.3 Å². The Bertz CT molecular complexity index is 1200. The van der Waals surface area contributed by atoms with Crippen LogP contribution in [0.2, 0.25) is 0 Å². The molecule has 2 aromatic heterocycles. The molecule has 0 atom stereocenters. The number of fused-ring (bicyclic) bond motifs is 1. The number of hydrogen-bond acceptors (Lipinski definition) is 6. The molecule has 146 valence electrons. The fraction of sp³-hybridized carbons (Fsp3) is 0.100. The topological polar surface area (TPSA) is 116 Å². The van der Waals surface area contributed by atoms with E-state index in [0.29, 0.717) is 22.5 Å². The Morgan fingerprint density at radius 3 is 2.93 bits per heavy atom. The van der Waals surface area contributed by atoms with Crippen LogP contribution in [0.1, 0.15) is 39.1 Å². The summed E-state index contributed by atoms with van der Waals surface area (Å²) in [6, 6.07) is 6.77. The van der Waals surface area contributed by atoms with Gasteiger partial charge in [-0.15, -0.1) is 11.3 Å². The van der Waals surface area contributed by atoms with Gasteiger partial charge in [0.05, 0.1) is 11.1 Å². The summed E-state index contributed by atoms with van der Waals surface area (Å²) in [6.07, 6.45) is 5.47. The van der Waals surface area contributed by atoms with Crippen LogP contribution in [-0.4, -0.2) is 22.0 Å². The number of anilines is 1. The highest BCUT2D eigenvalue weighted by atomic mass is 35.5. The zero-order valence-electron chi connectivity index (χ0n) is 15.1. The van der Waals surface area contributed by atoms with Gasteiger partial charge in [-0.1, -0.05) is 29.8 Å². The van der Waals surface area contributed by atoms with Crippen molar-refractivity contribution >= 4 is 50.9 Å². The summed E-state index contributed by atoms with van der Waals surface area (Å²) in [4.78, 5) is 28.3. The first-order valence-electron chi connectivity index (χ1n) is 8.37. The Hall–Kier alpha value is -3.41. The van der Waals surface area contributed by atoms with Crippen molar-refractivity contribution in [1.29, 1.82) is 5.26 Å². The van der Waals surface area contributed by atoms with Crippen LogP contribution in [0.25, 0.3) is 11.1 Å². The molecular formula is C20H14ClN3O4S. The van der Waals surface area contributed by atoms with Gasteiger partial charge >= 0.3 is 11.9 Å². The average Bonchev–Trinajstić information content (AvgIpc) is 3.31. The summed E-state index contributed by atoms with van der Waals surface area (Å²) in [5.74, 6) is -2.12. The molecule has 0 bridgehead atoms. The summed E-state index contributed by atoms with van der Waals surface area (Å²) in [6.45, 7) is 1.79. The van der Waals surface area contributed by atoms with E-state index >= 15 is 0 Å². The molecule has 0 aliphatic heterocycles. The fourth-order valence-electron chi connectivity index (χ4n) is 2.56. The minimum absolute atomic E-state index is 0.00146. The molecule has 9 heteroatoms. The second-order valence-electron chi connectivity index (χ2n) is 5.79. The van der Waals surface area contributed by atoms with Gasteiger partial charge in [0.1, 0.15) is 16.6 Å². The number of benzene rings is 1. The Balaban J connectivity index is 1.86. The van der Waals surface area contributed by atoms with Crippen molar-refractivity contribution in [1.82, 2.24) is 4.98 Å². The number of carbonyl (C=O) groups is 2. The third kappa shape index (κ3) is 4.37. The van der Waals surface area contributed by atoms with Gasteiger partial charge in [-0.25, -0.2) is 9.78 Å². The average molecular weight is 428 g/mol. The number of aromatic carboxylic acids is 1. The second kappa shape index (κ2) is 8.73. The molecule has 0 saturated carbocycles. The van der Waals surface area contributed by atoms with E-state index in [9.17, 15) is 14.7 Å². The summed E-state index contributed by atoms with van der Waals surface area (Å²) in [7, 11) is 0. The molecular weight excluding hydrogens is 414 g/mol. The number of nitriles is 1. The summed E-state index contributed by atoms with van der Waals surface area (Å²) < 4.78 is 5.41. The molecule has 0 unspecified atom stereocenters. The number of aromatic nitrogens is 1. The molecule has 2 heterocycles. The van der Waals surface area contributed by atoms with Gasteiger partial charge < -0.3 is 14.8 Å². The number of halogens is 1. The lowest BCUT2D eigenvalue weighted by molar-refractivity contribution is 0.0697. The van der Waals surface area contributed by atoms with Gasteiger partial charge in [0.2, 0.25) is 0 Å². The van der Waals surface area contributed by atoms with Crippen LogP contribution in [0, 0.1) is 11.3 Å². The number of hydrogen-bond donors (Lipinski definition) is 2. The zero-order chi connectivity index (χ0) is 21.0. The van der Waals surface area contributed by atoms with Crippen LogP contribution in [0.4, 0.5) is 5.00 Å². The monoisotopic (exact) mass is 427 g/mol. The number of allylic oxidation sites excluding steroid dienone is 4. The van der Waals surface area contributed by atoms with E-state index < -0.39 is 11.9 Å². The van der Waals surface area contributed by atoms with Crippen molar-refractivity contribution < 1.29 is 19.1 Å². The van der Waals surface area contributed by atoms with Crippen LogP contribution >= 0.6 is 22.9 Å². The number of nitrogens with one attached hydrogen (secondary N) is 1. The van der Waals surface area contributed by atoms with Crippen LogP contribution < -0.4 is 5.32 Å². The van der Waals surface area contributed by atoms with E-state index in [1.165, 1.54) is 0 Å². The van der Waals surface area contributed by atoms with Crippen LogP contribution in [0.15, 0.2) is 51.3 Å². The van der Waals surface area contributed by atoms with Gasteiger partial charge in [-0.05, 0) is 42.5 Å². The van der Waals surface area contributed by atoms with Crippen molar-refractivity contribution in [3.05, 3.63) is 69.4 Å². The smallest absolute Gasteiger partial charge is 0.339 e. The molecule has 0 aliphatic carbocycles. The highest BCUT2D eigenvalue weighted by Crippen LogP contribution is 2.30. The minimum Gasteiger partial charge on any atom is -0.478 e. The van der Waals surface area contributed by atoms with Crippen molar-refractivity contribution in [2.45, 2.75) is 13.3 Å². The first kappa shape index (κ1) is 20.3. The molecule has 3 aromatic rings. The van der Waals surface area contributed by atoms with Gasteiger partial charge in [0, 0.05) is 5.03 Å². The number of carboxylic acid groups (broad SMARTS) is 1. The molecule has 2 N–H and O–H groups in total. The van der Waals surface area contributed by atoms with Gasteiger partial charge in [-0.3, -0.25) is 4.79 Å². The molecule has 3 rings (SSSR count). The molecule has 7 nitrogen and oxygen atoms in total. The lowest BCUT2D eigenvalue weighted by Crippen LogP contribution is -2.14. The normalized spacial score (nSPS) is 11.7. The number of rotatable bonds is 6. The van der Waals surface area contributed by atoms with Crippen LogP contribution in [0.5, 0.6) is 0 Å². The van der Waals surface area contributed by atoms with E-state index in [2.05, 4.69) is 10.3 Å². The number of para-hydroxylation sites is 1. The summed E-state index contributed by atoms with van der Waals surface area (Å²) in [5, 5.41) is 23.6. The van der Waals surface area contributed by atoms with Crippen molar-refractivity contribution in [3.8, 4) is 6.07 Å². The number of carbonyl (C=O) groups excluding carboxylic acids is 1. The molecule has 0 aliphatic rings. The predicted molar refractivity (Wildman–Crippen MR) is 110 cm³/mol. The fourth-order valence-corrected chi connectivity index (χ4v) is 3.61. The SMILES string of the molecule is CC=C(Cl)C=CCc1csc(NC(=O)c2nc3cccc(C#N)c3o2)c1C(=O)O. The van der Waals surface area contributed by atoms with Crippen LogP contribution in [-0.2, 0) is 6.42 Å². The lowest BCUT2D eigenvalue weighted by atomic mass is 10.1. The number of oxazole rings is 1. The van der Waals surface area contributed by atoms with Crippen molar-refractivity contribution in [2.24, 2.45) is 0 Å². The first-order valence-corrected chi connectivity index (χ1v) is 9.63. The lowest BCUT2D eigenvalue weighted by Gasteiger charge is -2.03. The van der Waals surface area contributed by atoms with Crippen molar-refractivity contribution in [3.63, 3.8) is 0 Å². The second-order valence-corrected chi connectivity index (χ2v) is 7.11. The first-order chi connectivity index (χ1) is 13.9. The van der Waals surface area contributed by atoms with Crippen LogP contribution in [0.3, 0.4) is 0 Å². The molecule has 29 heavy (non-hydrogen) atoms. The maximum absolute atomic E-state index is 12.5. The van der Waals surface area contributed by atoms with Gasteiger partial charge in [-0.2, -0.15) is 5.26 Å². The molecule has 0 saturated heterocycles. The predicted octanol–water partition coefficient (Wildman–Crippen LogP) is 4.95. The summed E-state index contributed by atoms with van der Waals surface area (Å²) >= 11 is 6.99. The van der Waals surface area contributed by atoms with Gasteiger partial charge in [0.15, 0.2) is 5.58 Å². The van der Waals surface area contributed by atoms with E-state index in [0.717, 1.165) is 11.3 Å². The molecule has 1 aromatic carbocycles. The third-order valence-corrected chi connectivity index (χ3v) is 5.22. The Morgan fingerprint density at radius 1 is 1.45 bits per heavy atom. The highest BCUT2D eigenvalue weighted by Gasteiger charge is 2.22. The van der Waals surface area contributed by atoms with E-state index in [1.54, 1.807) is 48.7 Å². The number of amides is 1. The standard InChI is InChI=1S/C20H14ClN3O4S/c1-2-13(21)7-3-6-12-10-29-19(15(12)20(26)27)24-17(25)18-23-14-8-4-5-11(9-22)16(14)28-18/h2-5,7-8,10H,6H2,1H3,(H,24,25)(H,26,27). The molecule has 1 amide bonds. The Kier molecular flexibility index (Phi) is 6.12. The number of nitrogens with zero attached hydrogens (tertiary/aromatic N) is 2. The molecule has 0 radical (unpaired) electrons. The maximum atomic E-state index is 12.5.